The topological polar surface area (TPSA) is 26.3 Å². The highest BCUT2D eigenvalue weighted by Gasteiger charge is 2.24. The first kappa shape index (κ1) is 14.1. The second-order valence-corrected chi connectivity index (χ2v) is 6.52. The minimum absolute atomic E-state index is 0.0752. The van der Waals surface area contributed by atoms with Crippen molar-refractivity contribution in [3.8, 4) is 5.75 Å². The zero-order valence-electron chi connectivity index (χ0n) is 12.5. The van der Waals surface area contributed by atoms with Gasteiger partial charge in [-0.05, 0) is 41.4 Å². The molecule has 1 aromatic carbocycles. The van der Waals surface area contributed by atoms with Gasteiger partial charge in [0.2, 0.25) is 0 Å². The lowest BCUT2D eigenvalue weighted by Gasteiger charge is -2.26. The molecule has 0 radical (unpaired) electrons. The zero-order valence-corrected chi connectivity index (χ0v) is 12.5. The summed E-state index contributed by atoms with van der Waals surface area (Å²) < 4.78 is 5.48. The van der Waals surface area contributed by atoms with E-state index in [2.05, 4.69) is 39.0 Å². The van der Waals surface area contributed by atoms with Crippen LogP contribution in [0.4, 0.5) is 0 Å². The average Bonchev–Trinajstić information content (AvgIpc) is 2.38. The van der Waals surface area contributed by atoms with Gasteiger partial charge in [-0.15, -0.1) is 0 Å². The molecular weight excluding hydrogens is 236 g/mol. The third-order valence-corrected chi connectivity index (χ3v) is 4.05. The summed E-state index contributed by atoms with van der Waals surface area (Å²) in [5.41, 5.74) is 2.69. The van der Waals surface area contributed by atoms with E-state index in [1.54, 1.807) is 7.11 Å². The van der Waals surface area contributed by atoms with Crippen LogP contribution in [0.2, 0.25) is 0 Å². The molecule has 0 bridgehead atoms. The number of hydrogen-bond donors (Lipinski definition) is 0. The van der Waals surface area contributed by atoms with Gasteiger partial charge in [-0.2, -0.15) is 0 Å². The fraction of sp³-hybridized carbons (Fsp3) is 0.588. The number of benzene rings is 1. The number of ether oxygens (including phenoxy) is 1. The maximum absolute atomic E-state index is 11.3. The summed E-state index contributed by atoms with van der Waals surface area (Å²) in [6.07, 6.45) is 3.46. The van der Waals surface area contributed by atoms with E-state index >= 15 is 0 Å². The van der Waals surface area contributed by atoms with Gasteiger partial charge in [0.1, 0.15) is 11.5 Å². The molecule has 0 spiro atoms. The number of carbonyl (C=O) groups is 1. The average molecular weight is 260 g/mol. The van der Waals surface area contributed by atoms with E-state index in [9.17, 15) is 4.79 Å². The molecule has 0 aliphatic heterocycles. The van der Waals surface area contributed by atoms with Crippen LogP contribution in [0.5, 0.6) is 5.75 Å². The van der Waals surface area contributed by atoms with Crippen LogP contribution in [0, 0.1) is 0 Å². The normalized spacial score (nSPS) is 17.6. The third-order valence-electron chi connectivity index (χ3n) is 4.05. The Bertz CT molecular complexity index is 459. The lowest BCUT2D eigenvalue weighted by atomic mass is 9.79. The lowest BCUT2D eigenvalue weighted by Crippen LogP contribution is -2.16. The highest BCUT2D eigenvalue weighted by molar-refractivity contribution is 5.79. The molecule has 2 heteroatoms. The van der Waals surface area contributed by atoms with Crippen LogP contribution < -0.4 is 4.74 Å². The van der Waals surface area contributed by atoms with Gasteiger partial charge in [0.05, 0.1) is 7.11 Å². The quantitative estimate of drug-likeness (QED) is 0.796. The Labute approximate surface area is 116 Å². The predicted molar refractivity (Wildman–Crippen MR) is 77.9 cm³/mol. The Hall–Kier alpha value is -1.31. The molecule has 1 saturated carbocycles. The number of rotatable bonds is 2. The lowest BCUT2D eigenvalue weighted by molar-refractivity contribution is -0.120. The first-order chi connectivity index (χ1) is 8.91. The van der Waals surface area contributed by atoms with Crippen molar-refractivity contribution < 1.29 is 9.53 Å². The summed E-state index contributed by atoms with van der Waals surface area (Å²) in [5, 5.41) is 0. The summed E-state index contributed by atoms with van der Waals surface area (Å²) >= 11 is 0. The minimum Gasteiger partial charge on any atom is -0.496 e. The van der Waals surface area contributed by atoms with Gasteiger partial charge >= 0.3 is 0 Å². The zero-order chi connectivity index (χ0) is 14.0. The van der Waals surface area contributed by atoms with Crippen molar-refractivity contribution in [1.82, 2.24) is 0 Å². The van der Waals surface area contributed by atoms with Crippen LogP contribution in [0.25, 0.3) is 0 Å². The summed E-state index contributed by atoms with van der Waals surface area (Å²) in [5.74, 6) is 1.91. The molecule has 2 rings (SSSR count). The Kier molecular flexibility index (Phi) is 3.98. The first-order valence-corrected chi connectivity index (χ1v) is 7.12. The van der Waals surface area contributed by atoms with E-state index in [0.29, 0.717) is 11.7 Å². The van der Waals surface area contributed by atoms with Gasteiger partial charge in [-0.1, -0.05) is 32.9 Å². The molecule has 0 aromatic heterocycles. The van der Waals surface area contributed by atoms with E-state index in [0.717, 1.165) is 31.4 Å². The van der Waals surface area contributed by atoms with Gasteiger partial charge in [0.15, 0.2) is 0 Å². The summed E-state index contributed by atoms with van der Waals surface area (Å²) in [4.78, 5) is 11.3. The fourth-order valence-corrected chi connectivity index (χ4v) is 2.84. The maximum atomic E-state index is 11.3. The van der Waals surface area contributed by atoms with Gasteiger partial charge in [0.25, 0.3) is 0 Å². The first-order valence-electron chi connectivity index (χ1n) is 7.12. The van der Waals surface area contributed by atoms with Crippen LogP contribution in [0.3, 0.4) is 0 Å². The van der Waals surface area contributed by atoms with Crippen molar-refractivity contribution in [2.24, 2.45) is 0 Å². The second-order valence-electron chi connectivity index (χ2n) is 6.52. The largest absolute Gasteiger partial charge is 0.496 e. The predicted octanol–water partition coefficient (Wildman–Crippen LogP) is 4.22. The van der Waals surface area contributed by atoms with Crippen molar-refractivity contribution in [3.63, 3.8) is 0 Å². The fourth-order valence-electron chi connectivity index (χ4n) is 2.84. The number of Topliss-reactive ketones (excluding diaryl/α,β-unsaturated/α-hetero) is 1. The van der Waals surface area contributed by atoms with Crippen molar-refractivity contribution in [2.75, 3.05) is 7.11 Å². The Morgan fingerprint density at radius 1 is 1.16 bits per heavy atom. The van der Waals surface area contributed by atoms with Crippen LogP contribution >= 0.6 is 0 Å². The van der Waals surface area contributed by atoms with Gasteiger partial charge in [-0.3, -0.25) is 4.79 Å². The van der Waals surface area contributed by atoms with E-state index in [1.165, 1.54) is 11.1 Å². The summed E-state index contributed by atoms with van der Waals surface area (Å²) in [6.45, 7) is 6.62. The molecular formula is C17H24O2. The van der Waals surface area contributed by atoms with E-state index in [4.69, 9.17) is 4.74 Å². The van der Waals surface area contributed by atoms with E-state index in [-0.39, 0.29) is 5.41 Å². The summed E-state index contributed by atoms with van der Waals surface area (Å²) in [6, 6.07) is 6.51. The molecule has 0 N–H and O–H groups in total. The molecule has 0 unspecified atom stereocenters. The van der Waals surface area contributed by atoms with Crippen LogP contribution in [0.1, 0.15) is 63.5 Å². The van der Waals surface area contributed by atoms with Gasteiger partial charge < -0.3 is 4.74 Å². The summed E-state index contributed by atoms with van der Waals surface area (Å²) in [7, 11) is 1.73. The van der Waals surface area contributed by atoms with Crippen LogP contribution in [-0.2, 0) is 10.2 Å². The molecule has 19 heavy (non-hydrogen) atoms. The molecule has 1 fully saturated rings. The van der Waals surface area contributed by atoms with Crippen molar-refractivity contribution >= 4 is 5.78 Å². The SMILES string of the molecule is COc1ccc(C2CCC(=O)CC2)cc1C(C)(C)C. The molecule has 1 aliphatic carbocycles. The smallest absolute Gasteiger partial charge is 0.132 e. The van der Waals surface area contributed by atoms with Crippen molar-refractivity contribution in [3.05, 3.63) is 29.3 Å². The van der Waals surface area contributed by atoms with Crippen LogP contribution in [-0.4, -0.2) is 12.9 Å². The Balaban J connectivity index is 2.30. The molecule has 0 atom stereocenters. The molecule has 0 amide bonds. The third kappa shape index (κ3) is 3.17. The van der Waals surface area contributed by atoms with Gasteiger partial charge in [-0.25, -0.2) is 0 Å². The molecule has 1 aromatic rings. The molecule has 2 nitrogen and oxygen atoms in total. The van der Waals surface area contributed by atoms with Gasteiger partial charge in [0, 0.05) is 12.8 Å². The molecule has 104 valence electrons. The minimum atomic E-state index is 0.0752. The van der Waals surface area contributed by atoms with E-state index in [1.807, 2.05) is 0 Å². The highest BCUT2D eigenvalue weighted by Crippen LogP contribution is 2.37. The van der Waals surface area contributed by atoms with Crippen LogP contribution in [0.15, 0.2) is 18.2 Å². The molecule has 1 aliphatic rings. The number of methoxy groups -OCH3 is 1. The Morgan fingerprint density at radius 3 is 2.32 bits per heavy atom. The number of carbonyl (C=O) groups excluding carboxylic acids is 1. The highest BCUT2D eigenvalue weighted by atomic mass is 16.5. The van der Waals surface area contributed by atoms with Crippen molar-refractivity contribution in [2.45, 2.75) is 57.8 Å². The number of ketones is 1. The molecule has 0 saturated heterocycles. The maximum Gasteiger partial charge on any atom is 0.132 e. The van der Waals surface area contributed by atoms with Crippen molar-refractivity contribution in [1.29, 1.82) is 0 Å². The Morgan fingerprint density at radius 2 is 1.79 bits per heavy atom. The second kappa shape index (κ2) is 5.36. The standard InChI is InChI=1S/C17H24O2/c1-17(2,3)15-11-13(7-10-16(15)19-4)12-5-8-14(18)9-6-12/h7,10-12H,5-6,8-9H2,1-4H3. The number of hydrogen-bond acceptors (Lipinski definition) is 2. The molecule has 0 heterocycles. The monoisotopic (exact) mass is 260 g/mol. The van der Waals surface area contributed by atoms with E-state index < -0.39 is 0 Å².